The molecule has 1 aliphatic rings. The molecule has 1 aliphatic carbocycles. The van der Waals surface area contributed by atoms with Crippen LogP contribution in [0.1, 0.15) is 28.8 Å². The summed E-state index contributed by atoms with van der Waals surface area (Å²) in [6, 6.07) is 20.1. The lowest BCUT2D eigenvalue weighted by Crippen LogP contribution is -2.35. The summed E-state index contributed by atoms with van der Waals surface area (Å²) < 4.78 is 0. The molecule has 1 saturated carbocycles. The van der Waals surface area contributed by atoms with E-state index in [1.807, 2.05) is 36.4 Å². The number of nitrogens with one attached hydrogen (secondary N) is 3. The number of aromatic nitrogens is 2. The van der Waals surface area contributed by atoms with Crippen LogP contribution in [0.5, 0.6) is 0 Å². The summed E-state index contributed by atoms with van der Waals surface area (Å²) in [7, 11) is 1.80. The first-order valence-electron chi connectivity index (χ1n) is 11.5. The summed E-state index contributed by atoms with van der Waals surface area (Å²) in [5, 5.41) is 19.7. The van der Waals surface area contributed by atoms with E-state index in [1.54, 1.807) is 37.4 Å². The van der Waals surface area contributed by atoms with Crippen molar-refractivity contribution in [3.63, 3.8) is 0 Å². The van der Waals surface area contributed by atoms with Crippen LogP contribution < -0.4 is 16.0 Å². The monoisotopic (exact) mass is 501 g/mol. The van der Waals surface area contributed by atoms with Crippen LogP contribution in [0.3, 0.4) is 0 Å². The number of aliphatic hydroxyl groups is 1. The fourth-order valence-corrected chi connectivity index (χ4v) is 4.06. The first-order chi connectivity index (χ1) is 17.4. The van der Waals surface area contributed by atoms with Gasteiger partial charge in [0.05, 0.1) is 16.1 Å². The van der Waals surface area contributed by atoms with Gasteiger partial charge in [0, 0.05) is 30.2 Å². The Labute approximate surface area is 212 Å². The molecule has 3 aromatic carbocycles. The van der Waals surface area contributed by atoms with E-state index in [4.69, 9.17) is 16.6 Å². The van der Waals surface area contributed by atoms with Crippen molar-refractivity contribution >= 4 is 45.8 Å². The number of carbonyl (C=O) groups is 2. The van der Waals surface area contributed by atoms with E-state index < -0.39 is 11.5 Å². The van der Waals surface area contributed by atoms with Crippen LogP contribution >= 0.6 is 11.6 Å². The molecule has 1 heterocycles. The summed E-state index contributed by atoms with van der Waals surface area (Å²) in [5.41, 5.74) is 1.83. The highest BCUT2D eigenvalue weighted by Crippen LogP contribution is 2.35. The van der Waals surface area contributed by atoms with E-state index >= 15 is 0 Å². The second kappa shape index (κ2) is 9.56. The smallest absolute Gasteiger partial charge is 0.257 e. The van der Waals surface area contributed by atoms with Crippen molar-refractivity contribution < 1.29 is 14.7 Å². The fraction of sp³-hybridized carbons (Fsp3) is 0.185. The van der Waals surface area contributed by atoms with E-state index in [2.05, 4.69) is 20.9 Å². The van der Waals surface area contributed by atoms with E-state index in [9.17, 15) is 14.7 Å². The highest BCUT2D eigenvalue weighted by molar-refractivity contribution is 6.34. The molecule has 182 valence electrons. The maximum absolute atomic E-state index is 13.1. The average Bonchev–Trinajstić information content (AvgIpc) is 3.66. The molecule has 4 N–H and O–H groups in total. The molecule has 1 aromatic heterocycles. The molecule has 0 bridgehead atoms. The molecule has 0 atom stereocenters. The van der Waals surface area contributed by atoms with E-state index in [1.165, 1.54) is 0 Å². The Bertz CT molecular complexity index is 1470. The number of amides is 2. The molecule has 0 saturated heterocycles. The fourth-order valence-electron chi connectivity index (χ4n) is 3.86. The first-order valence-corrected chi connectivity index (χ1v) is 11.9. The van der Waals surface area contributed by atoms with Crippen LogP contribution in [-0.4, -0.2) is 39.5 Å². The van der Waals surface area contributed by atoms with Crippen LogP contribution in [0.25, 0.3) is 22.3 Å². The first kappa shape index (κ1) is 23.7. The normalized spacial score (nSPS) is 13.8. The highest BCUT2D eigenvalue weighted by atomic mass is 35.5. The lowest BCUT2D eigenvalue weighted by Gasteiger charge is -2.12. The quantitative estimate of drug-likeness (QED) is 0.298. The summed E-state index contributed by atoms with van der Waals surface area (Å²) in [6.07, 6.45) is 0.929. The van der Waals surface area contributed by atoms with Gasteiger partial charge in [0.2, 0.25) is 0 Å². The minimum Gasteiger partial charge on any atom is -0.380 e. The molecule has 0 radical (unpaired) electrons. The van der Waals surface area contributed by atoms with Crippen LogP contribution in [0.2, 0.25) is 5.02 Å². The van der Waals surface area contributed by atoms with Crippen LogP contribution in [0, 0.1) is 0 Å². The third kappa shape index (κ3) is 4.86. The zero-order valence-corrected chi connectivity index (χ0v) is 20.3. The largest absolute Gasteiger partial charge is 0.380 e. The number of hydrogen-bond acceptors (Lipinski definition) is 6. The van der Waals surface area contributed by atoms with Crippen LogP contribution in [-0.2, 0) is 11.3 Å². The van der Waals surface area contributed by atoms with Crippen molar-refractivity contribution in [1.29, 1.82) is 0 Å². The molecular formula is C27H24ClN5O3. The Kier molecular flexibility index (Phi) is 6.30. The van der Waals surface area contributed by atoms with Crippen LogP contribution in [0.15, 0.2) is 66.7 Å². The SMILES string of the molecule is CNc1nc(-c2ccccc2)nc2cc(NC(=O)c3cc(CNC(=O)C4(O)CC4)ccc3Cl)ccc12. The molecule has 4 aromatic rings. The standard InChI is InChI=1S/C27H24ClN5O3/c1-29-24-19-9-8-18(14-22(19)32-23(33-24)17-5-3-2-4-6-17)31-25(34)20-13-16(7-10-21(20)28)15-30-26(35)27(36)11-12-27/h2-10,13-14,36H,11-12,15H2,1H3,(H,30,35)(H,31,34)(H,29,32,33). The zero-order valence-electron chi connectivity index (χ0n) is 19.5. The topological polar surface area (TPSA) is 116 Å². The minimum absolute atomic E-state index is 0.181. The van der Waals surface area contributed by atoms with Crippen molar-refractivity contribution in [2.75, 3.05) is 17.7 Å². The van der Waals surface area contributed by atoms with Gasteiger partial charge in [-0.15, -0.1) is 0 Å². The lowest BCUT2D eigenvalue weighted by molar-refractivity contribution is -0.131. The number of nitrogens with zero attached hydrogens (tertiary/aromatic N) is 2. The van der Waals surface area contributed by atoms with Gasteiger partial charge in [-0.2, -0.15) is 0 Å². The lowest BCUT2D eigenvalue weighted by atomic mass is 10.1. The zero-order chi connectivity index (χ0) is 25.3. The molecule has 9 heteroatoms. The van der Waals surface area contributed by atoms with Crippen LogP contribution in [0.4, 0.5) is 11.5 Å². The van der Waals surface area contributed by atoms with Crippen molar-refractivity contribution in [2.45, 2.75) is 25.0 Å². The summed E-state index contributed by atoms with van der Waals surface area (Å²) >= 11 is 6.31. The Morgan fingerprint density at radius 1 is 1.03 bits per heavy atom. The van der Waals surface area contributed by atoms with Gasteiger partial charge in [0.15, 0.2) is 5.82 Å². The van der Waals surface area contributed by atoms with Crippen molar-refractivity contribution in [2.24, 2.45) is 0 Å². The van der Waals surface area contributed by atoms with E-state index in [0.717, 1.165) is 10.9 Å². The number of halogens is 1. The summed E-state index contributed by atoms with van der Waals surface area (Å²) in [6.45, 7) is 0.181. The molecule has 5 rings (SSSR count). The molecule has 1 fully saturated rings. The third-order valence-corrected chi connectivity index (χ3v) is 6.43. The number of fused-ring (bicyclic) bond motifs is 1. The van der Waals surface area contributed by atoms with E-state index in [-0.39, 0.29) is 23.0 Å². The van der Waals surface area contributed by atoms with Gasteiger partial charge in [-0.1, -0.05) is 48.0 Å². The van der Waals surface area contributed by atoms with Gasteiger partial charge in [0.25, 0.3) is 11.8 Å². The molecule has 0 unspecified atom stereocenters. The summed E-state index contributed by atoms with van der Waals surface area (Å²) in [4.78, 5) is 34.4. The maximum Gasteiger partial charge on any atom is 0.257 e. The highest BCUT2D eigenvalue weighted by Gasteiger charge is 2.47. The van der Waals surface area contributed by atoms with Gasteiger partial charge in [-0.25, -0.2) is 9.97 Å². The second-order valence-electron chi connectivity index (χ2n) is 8.73. The number of anilines is 2. The Hall–Kier alpha value is -4.01. The number of hydrogen-bond donors (Lipinski definition) is 4. The number of carbonyl (C=O) groups excluding carboxylic acids is 2. The summed E-state index contributed by atoms with van der Waals surface area (Å²) in [5.74, 6) is 0.465. The Morgan fingerprint density at radius 3 is 2.53 bits per heavy atom. The number of rotatable bonds is 7. The van der Waals surface area contributed by atoms with Gasteiger partial charge in [-0.05, 0) is 48.7 Å². The molecular weight excluding hydrogens is 478 g/mol. The molecule has 0 spiro atoms. The predicted octanol–water partition coefficient (Wildman–Crippen LogP) is 4.39. The maximum atomic E-state index is 13.1. The van der Waals surface area contributed by atoms with Crippen molar-refractivity contribution in [3.05, 3.63) is 82.9 Å². The number of benzene rings is 3. The van der Waals surface area contributed by atoms with Gasteiger partial charge in [0.1, 0.15) is 11.4 Å². The van der Waals surface area contributed by atoms with Gasteiger partial charge >= 0.3 is 0 Å². The minimum atomic E-state index is -1.25. The molecule has 36 heavy (non-hydrogen) atoms. The Balaban J connectivity index is 1.38. The van der Waals surface area contributed by atoms with Gasteiger partial charge in [-0.3, -0.25) is 9.59 Å². The predicted molar refractivity (Wildman–Crippen MR) is 140 cm³/mol. The van der Waals surface area contributed by atoms with Crippen molar-refractivity contribution in [3.8, 4) is 11.4 Å². The molecule has 0 aliphatic heterocycles. The molecule has 8 nitrogen and oxygen atoms in total. The third-order valence-electron chi connectivity index (χ3n) is 6.10. The van der Waals surface area contributed by atoms with Gasteiger partial charge < -0.3 is 21.1 Å². The second-order valence-corrected chi connectivity index (χ2v) is 9.13. The van der Waals surface area contributed by atoms with Crippen molar-refractivity contribution in [1.82, 2.24) is 15.3 Å². The Morgan fingerprint density at radius 2 is 1.81 bits per heavy atom. The van der Waals surface area contributed by atoms with E-state index in [0.29, 0.717) is 41.3 Å². The average molecular weight is 502 g/mol. The molecule has 2 amide bonds.